The normalized spacial score (nSPS) is 17.3. The van der Waals surface area contributed by atoms with Crippen molar-refractivity contribution >= 4 is 0 Å². The second-order valence-electron chi connectivity index (χ2n) is 3.47. The molecule has 0 saturated heterocycles. The zero-order chi connectivity index (χ0) is 10.1. The number of ether oxygens (including phenoxy) is 2. The maximum absolute atomic E-state index is 5.78. The fraction of sp³-hybridized carbons (Fsp3) is 0.0769. The molecule has 0 atom stereocenters. The molecule has 3 rings (SSSR count). The van der Waals surface area contributed by atoms with E-state index in [2.05, 4.69) is 6.08 Å². The molecule has 1 aliphatic carbocycles. The van der Waals surface area contributed by atoms with E-state index in [9.17, 15) is 0 Å². The van der Waals surface area contributed by atoms with Crippen LogP contribution in [0, 0.1) is 0 Å². The first-order valence-electron chi connectivity index (χ1n) is 4.93. The van der Waals surface area contributed by atoms with Crippen molar-refractivity contribution in [3.05, 3.63) is 60.1 Å². The van der Waals surface area contributed by atoms with Gasteiger partial charge >= 0.3 is 0 Å². The van der Waals surface area contributed by atoms with E-state index in [1.807, 2.05) is 36.4 Å². The van der Waals surface area contributed by atoms with E-state index >= 15 is 0 Å². The molecule has 1 heterocycles. The largest absolute Gasteiger partial charge is 0.461 e. The van der Waals surface area contributed by atoms with Crippen LogP contribution in [-0.4, -0.2) is 0 Å². The van der Waals surface area contributed by atoms with Crippen LogP contribution in [0.25, 0.3) is 0 Å². The third kappa shape index (κ3) is 1.44. The highest BCUT2D eigenvalue weighted by Crippen LogP contribution is 2.34. The SMILES string of the molecule is C1=CCC2=COc3ccccc3OC2=C1. The monoisotopic (exact) mass is 198 g/mol. The van der Waals surface area contributed by atoms with Gasteiger partial charge in [-0.15, -0.1) is 0 Å². The van der Waals surface area contributed by atoms with Crippen molar-refractivity contribution in [1.29, 1.82) is 0 Å². The summed E-state index contributed by atoms with van der Waals surface area (Å²) in [7, 11) is 0. The molecule has 2 nitrogen and oxygen atoms in total. The van der Waals surface area contributed by atoms with Crippen molar-refractivity contribution in [1.82, 2.24) is 0 Å². The van der Waals surface area contributed by atoms with E-state index in [0.717, 1.165) is 29.3 Å². The Morgan fingerprint density at radius 3 is 2.87 bits per heavy atom. The molecule has 0 aromatic heterocycles. The van der Waals surface area contributed by atoms with Gasteiger partial charge in [0.25, 0.3) is 0 Å². The summed E-state index contributed by atoms with van der Waals surface area (Å²) in [6.07, 6.45) is 8.67. The van der Waals surface area contributed by atoms with Crippen LogP contribution in [0.4, 0.5) is 0 Å². The van der Waals surface area contributed by atoms with E-state index in [-0.39, 0.29) is 0 Å². The molecule has 74 valence electrons. The summed E-state index contributed by atoms with van der Waals surface area (Å²) >= 11 is 0. The van der Waals surface area contributed by atoms with Crippen LogP contribution in [0.1, 0.15) is 6.42 Å². The van der Waals surface area contributed by atoms with Crippen LogP contribution < -0.4 is 9.47 Å². The van der Waals surface area contributed by atoms with Crippen LogP contribution in [0.15, 0.2) is 60.1 Å². The van der Waals surface area contributed by atoms with Gasteiger partial charge in [-0.3, -0.25) is 0 Å². The van der Waals surface area contributed by atoms with Crippen molar-refractivity contribution in [2.45, 2.75) is 6.42 Å². The minimum Gasteiger partial charge on any atom is -0.461 e. The Hall–Kier alpha value is -1.96. The predicted octanol–water partition coefficient (Wildman–Crippen LogP) is 3.19. The van der Waals surface area contributed by atoms with Crippen LogP contribution in [0.2, 0.25) is 0 Å². The summed E-state index contributed by atoms with van der Waals surface area (Å²) in [5.74, 6) is 2.41. The number of allylic oxidation sites excluding steroid dienone is 4. The molecule has 2 aliphatic rings. The van der Waals surface area contributed by atoms with Gasteiger partial charge in [0.2, 0.25) is 0 Å². The highest BCUT2D eigenvalue weighted by molar-refractivity contribution is 5.47. The molecular weight excluding hydrogens is 188 g/mol. The van der Waals surface area contributed by atoms with E-state index < -0.39 is 0 Å². The highest BCUT2D eigenvalue weighted by Gasteiger charge is 2.16. The van der Waals surface area contributed by atoms with Crippen LogP contribution >= 0.6 is 0 Å². The molecule has 0 saturated carbocycles. The number of hydrogen-bond acceptors (Lipinski definition) is 2. The van der Waals surface area contributed by atoms with Crippen LogP contribution in [-0.2, 0) is 0 Å². The Morgan fingerprint density at radius 2 is 1.93 bits per heavy atom. The van der Waals surface area contributed by atoms with Gasteiger partial charge in [-0.1, -0.05) is 24.3 Å². The molecule has 0 amide bonds. The Morgan fingerprint density at radius 1 is 1.07 bits per heavy atom. The molecule has 0 N–H and O–H groups in total. The molecule has 2 heteroatoms. The van der Waals surface area contributed by atoms with Gasteiger partial charge in [-0.25, -0.2) is 0 Å². The van der Waals surface area contributed by atoms with Crippen LogP contribution in [0.3, 0.4) is 0 Å². The second kappa shape index (κ2) is 3.31. The second-order valence-corrected chi connectivity index (χ2v) is 3.47. The number of hydrogen-bond donors (Lipinski definition) is 0. The van der Waals surface area contributed by atoms with Gasteiger partial charge in [0.05, 0.1) is 6.26 Å². The van der Waals surface area contributed by atoms with Gasteiger partial charge < -0.3 is 9.47 Å². The maximum Gasteiger partial charge on any atom is 0.169 e. The van der Waals surface area contributed by atoms with E-state index in [1.54, 1.807) is 6.26 Å². The third-order valence-corrected chi connectivity index (χ3v) is 2.44. The molecule has 15 heavy (non-hydrogen) atoms. The minimum absolute atomic E-state index is 0.764. The fourth-order valence-electron chi connectivity index (χ4n) is 1.65. The lowest BCUT2D eigenvalue weighted by atomic mass is 10.1. The average molecular weight is 198 g/mol. The number of benzene rings is 1. The molecule has 1 aromatic rings. The zero-order valence-electron chi connectivity index (χ0n) is 8.14. The molecule has 0 fully saturated rings. The Bertz CT molecular complexity index is 481. The topological polar surface area (TPSA) is 18.5 Å². The van der Waals surface area contributed by atoms with Crippen molar-refractivity contribution in [3.63, 3.8) is 0 Å². The number of para-hydroxylation sites is 2. The zero-order valence-corrected chi connectivity index (χ0v) is 8.14. The lowest BCUT2D eigenvalue weighted by Gasteiger charge is -2.11. The molecule has 1 aromatic carbocycles. The average Bonchev–Trinajstić information content (AvgIpc) is 2.48. The fourth-order valence-corrected chi connectivity index (χ4v) is 1.65. The Labute approximate surface area is 88.1 Å². The van der Waals surface area contributed by atoms with Gasteiger partial charge in [-0.2, -0.15) is 0 Å². The molecule has 1 aliphatic heterocycles. The summed E-state index contributed by atoms with van der Waals surface area (Å²) in [5, 5.41) is 0. The first-order chi connectivity index (χ1) is 7.43. The predicted molar refractivity (Wildman–Crippen MR) is 57.6 cm³/mol. The van der Waals surface area contributed by atoms with E-state index in [0.29, 0.717) is 0 Å². The Kier molecular flexibility index (Phi) is 1.85. The van der Waals surface area contributed by atoms with Gasteiger partial charge in [0, 0.05) is 5.57 Å². The number of fused-ring (bicyclic) bond motifs is 2. The maximum atomic E-state index is 5.78. The highest BCUT2D eigenvalue weighted by atomic mass is 16.5. The molecule has 0 spiro atoms. The third-order valence-electron chi connectivity index (χ3n) is 2.44. The summed E-state index contributed by atoms with van der Waals surface area (Å²) in [6.45, 7) is 0. The summed E-state index contributed by atoms with van der Waals surface area (Å²) in [4.78, 5) is 0. The van der Waals surface area contributed by atoms with Crippen molar-refractivity contribution in [2.75, 3.05) is 0 Å². The van der Waals surface area contributed by atoms with E-state index in [4.69, 9.17) is 9.47 Å². The summed E-state index contributed by atoms with van der Waals surface area (Å²) < 4.78 is 11.3. The molecule has 0 bridgehead atoms. The minimum atomic E-state index is 0.764. The smallest absolute Gasteiger partial charge is 0.169 e. The lowest BCUT2D eigenvalue weighted by Crippen LogP contribution is -1.99. The van der Waals surface area contributed by atoms with Gasteiger partial charge in [0.1, 0.15) is 5.76 Å². The van der Waals surface area contributed by atoms with Crippen molar-refractivity contribution in [3.8, 4) is 11.5 Å². The van der Waals surface area contributed by atoms with Crippen molar-refractivity contribution in [2.24, 2.45) is 0 Å². The van der Waals surface area contributed by atoms with Gasteiger partial charge in [0.15, 0.2) is 11.5 Å². The standard InChI is InChI=1S/C13H10O2/c1-2-6-11-10(5-1)9-14-12-7-3-4-8-13(12)15-11/h1-4,6-9H,5H2. The molecule has 0 radical (unpaired) electrons. The van der Waals surface area contributed by atoms with Crippen molar-refractivity contribution < 1.29 is 9.47 Å². The van der Waals surface area contributed by atoms with Crippen LogP contribution in [0.5, 0.6) is 11.5 Å². The summed E-state index contributed by atoms with van der Waals surface area (Å²) in [6, 6.07) is 7.68. The lowest BCUT2D eigenvalue weighted by molar-refractivity contribution is 0.416. The Balaban J connectivity index is 2.07. The number of rotatable bonds is 0. The quantitative estimate of drug-likeness (QED) is 0.637. The summed E-state index contributed by atoms with van der Waals surface area (Å²) in [5.41, 5.74) is 1.08. The first kappa shape index (κ1) is 8.36. The molecule has 0 unspecified atom stereocenters. The first-order valence-corrected chi connectivity index (χ1v) is 4.93. The van der Waals surface area contributed by atoms with Gasteiger partial charge in [-0.05, 0) is 24.6 Å². The molecular formula is C13H10O2. The van der Waals surface area contributed by atoms with E-state index in [1.165, 1.54) is 0 Å².